The minimum Gasteiger partial charge on any atom is -0.469 e. The van der Waals surface area contributed by atoms with Crippen LogP contribution >= 0.6 is 11.3 Å². The summed E-state index contributed by atoms with van der Waals surface area (Å²) in [4.78, 5) is 24.2. The van der Waals surface area contributed by atoms with Gasteiger partial charge in [-0.25, -0.2) is 0 Å². The van der Waals surface area contributed by atoms with Gasteiger partial charge in [0.15, 0.2) is 0 Å². The number of rotatable bonds is 3. The van der Waals surface area contributed by atoms with Crippen molar-refractivity contribution in [3.63, 3.8) is 0 Å². The molecule has 1 heterocycles. The Morgan fingerprint density at radius 2 is 2.15 bits per heavy atom. The molecule has 0 bridgehead atoms. The van der Waals surface area contributed by atoms with Crippen LogP contribution in [0.3, 0.4) is 0 Å². The van der Waals surface area contributed by atoms with Gasteiger partial charge < -0.3 is 9.47 Å². The molecule has 1 aliphatic carbocycles. The monoisotopic (exact) mass is 294 g/mol. The number of carbonyl (C=O) groups excluding carboxylic acids is 2. The minimum atomic E-state index is -0.817. The van der Waals surface area contributed by atoms with E-state index in [0.717, 1.165) is 11.1 Å². The Hall–Kier alpha value is -1.62. The van der Waals surface area contributed by atoms with Crippen LogP contribution in [0.25, 0.3) is 0 Å². The maximum absolute atomic E-state index is 12.4. The van der Waals surface area contributed by atoms with E-state index in [4.69, 9.17) is 9.47 Å². The smallest absolute Gasteiger partial charge is 0.316 e. The number of esters is 2. The highest BCUT2D eigenvalue weighted by molar-refractivity contribution is 7.08. The normalized spacial score (nSPS) is 26.1. The SMILES string of the molecule is C=C1C[C@@H](C(=O)OC)C[C@@](C(=O)OC)(c2ccsc2)C1. The van der Waals surface area contributed by atoms with Gasteiger partial charge in [0.2, 0.25) is 0 Å². The van der Waals surface area contributed by atoms with E-state index >= 15 is 0 Å². The average molecular weight is 294 g/mol. The Balaban J connectivity index is 2.43. The number of ether oxygens (including phenoxy) is 2. The predicted octanol–water partition coefficient (Wildman–Crippen LogP) is 2.69. The van der Waals surface area contributed by atoms with Gasteiger partial charge >= 0.3 is 11.9 Å². The number of hydrogen-bond acceptors (Lipinski definition) is 5. The molecule has 0 amide bonds. The minimum absolute atomic E-state index is 0.297. The molecular formula is C15H18O4S. The summed E-state index contributed by atoms with van der Waals surface area (Å²) in [7, 11) is 2.74. The van der Waals surface area contributed by atoms with Crippen molar-refractivity contribution in [3.8, 4) is 0 Å². The van der Waals surface area contributed by atoms with Gasteiger partial charge in [0.25, 0.3) is 0 Å². The maximum Gasteiger partial charge on any atom is 0.316 e. The van der Waals surface area contributed by atoms with Crippen molar-refractivity contribution in [1.82, 2.24) is 0 Å². The molecule has 0 spiro atoms. The van der Waals surface area contributed by atoms with Crippen LogP contribution in [-0.2, 0) is 24.5 Å². The van der Waals surface area contributed by atoms with Crippen LogP contribution in [0.5, 0.6) is 0 Å². The van der Waals surface area contributed by atoms with Gasteiger partial charge in [-0.15, -0.1) is 0 Å². The third-order valence-electron chi connectivity index (χ3n) is 3.87. The van der Waals surface area contributed by atoms with Crippen LogP contribution in [0.1, 0.15) is 24.8 Å². The zero-order valence-electron chi connectivity index (χ0n) is 11.7. The van der Waals surface area contributed by atoms with Gasteiger partial charge in [-0.1, -0.05) is 12.2 Å². The Morgan fingerprint density at radius 3 is 2.70 bits per heavy atom. The molecule has 1 saturated carbocycles. The summed E-state index contributed by atoms with van der Waals surface area (Å²) in [5.41, 5.74) is 0.954. The molecule has 0 unspecified atom stereocenters. The first-order valence-corrected chi connectivity index (χ1v) is 7.33. The maximum atomic E-state index is 12.4. The predicted molar refractivity (Wildman–Crippen MR) is 76.5 cm³/mol. The summed E-state index contributed by atoms with van der Waals surface area (Å²) >= 11 is 1.52. The summed E-state index contributed by atoms with van der Waals surface area (Å²) in [5, 5.41) is 3.86. The van der Waals surface area contributed by atoms with E-state index in [2.05, 4.69) is 6.58 Å². The molecule has 4 nitrogen and oxygen atoms in total. The molecule has 0 aromatic carbocycles. The molecule has 20 heavy (non-hydrogen) atoms. The lowest BCUT2D eigenvalue weighted by molar-refractivity contribution is -0.152. The number of thiophene rings is 1. The number of hydrogen-bond donors (Lipinski definition) is 0. The summed E-state index contributed by atoms with van der Waals surface area (Å²) in [6.07, 6.45) is 1.49. The third kappa shape index (κ3) is 2.50. The van der Waals surface area contributed by atoms with Gasteiger partial charge in [-0.2, -0.15) is 11.3 Å². The number of carbonyl (C=O) groups is 2. The average Bonchev–Trinajstić information content (AvgIpc) is 2.99. The first kappa shape index (κ1) is 14.8. The Bertz CT molecular complexity index is 520. The van der Waals surface area contributed by atoms with E-state index in [1.54, 1.807) is 0 Å². The lowest BCUT2D eigenvalue weighted by atomic mass is 9.65. The van der Waals surface area contributed by atoms with Crippen LogP contribution in [-0.4, -0.2) is 26.2 Å². The molecule has 0 radical (unpaired) electrons. The Kier molecular flexibility index (Phi) is 4.28. The third-order valence-corrected chi connectivity index (χ3v) is 4.55. The molecule has 0 aliphatic heterocycles. The lowest BCUT2D eigenvalue weighted by Crippen LogP contribution is -2.43. The second-order valence-corrected chi connectivity index (χ2v) is 5.92. The molecule has 0 N–H and O–H groups in total. The molecule has 1 aromatic rings. The van der Waals surface area contributed by atoms with E-state index in [1.165, 1.54) is 25.6 Å². The second-order valence-electron chi connectivity index (χ2n) is 5.14. The van der Waals surface area contributed by atoms with Crippen molar-refractivity contribution < 1.29 is 19.1 Å². The zero-order valence-corrected chi connectivity index (χ0v) is 12.5. The standard InChI is InChI=1S/C15H18O4S/c1-10-6-11(13(16)18-2)8-15(7-10,14(17)19-3)12-4-5-20-9-12/h4-5,9,11H,1,6-8H2,2-3H3/t11-,15-/m1/s1. The van der Waals surface area contributed by atoms with Crippen molar-refractivity contribution in [1.29, 1.82) is 0 Å². The van der Waals surface area contributed by atoms with Gasteiger partial charge in [-0.3, -0.25) is 9.59 Å². The molecule has 0 saturated heterocycles. The highest BCUT2D eigenvalue weighted by atomic mass is 32.1. The van der Waals surface area contributed by atoms with E-state index in [0.29, 0.717) is 19.3 Å². The fraction of sp³-hybridized carbons (Fsp3) is 0.467. The van der Waals surface area contributed by atoms with Gasteiger partial charge in [0.05, 0.1) is 25.6 Å². The van der Waals surface area contributed by atoms with Crippen molar-refractivity contribution in [2.45, 2.75) is 24.7 Å². The van der Waals surface area contributed by atoms with Gasteiger partial charge in [0, 0.05) is 0 Å². The number of methoxy groups -OCH3 is 2. The van der Waals surface area contributed by atoms with Crippen LogP contribution in [0.15, 0.2) is 29.0 Å². The second kappa shape index (κ2) is 5.79. The first-order chi connectivity index (χ1) is 9.53. The Morgan fingerprint density at radius 1 is 1.40 bits per heavy atom. The summed E-state index contributed by atoms with van der Waals surface area (Å²) < 4.78 is 9.83. The lowest BCUT2D eigenvalue weighted by Gasteiger charge is -2.38. The van der Waals surface area contributed by atoms with Crippen molar-refractivity contribution >= 4 is 23.3 Å². The summed E-state index contributed by atoms with van der Waals surface area (Å²) in [6.45, 7) is 3.99. The Labute approximate surface area is 122 Å². The molecule has 5 heteroatoms. The molecule has 2 rings (SSSR count). The van der Waals surface area contributed by atoms with Gasteiger partial charge in [0.1, 0.15) is 0 Å². The fourth-order valence-corrected chi connectivity index (χ4v) is 3.73. The van der Waals surface area contributed by atoms with Crippen LogP contribution in [0, 0.1) is 5.92 Å². The van der Waals surface area contributed by atoms with E-state index < -0.39 is 5.41 Å². The van der Waals surface area contributed by atoms with Crippen LogP contribution < -0.4 is 0 Å². The molecule has 1 fully saturated rings. The van der Waals surface area contributed by atoms with E-state index in [-0.39, 0.29) is 17.9 Å². The summed E-state index contributed by atoms with van der Waals surface area (Å²) in [5.74, 6) is -0.958. The van der Waals surface area contributed by atoms with Crippen molar-refractivity contribution in [2.24, 2.45) is 5.92 Å². The fourth-order valence-electron chi connectivity index (χ4n) is 2.97. The number of allylic oxidation sites excluding steroid dienone is 1. The highest BCUT2D eigenvalue weighted by Crippen LogP contribution is 2.45. The van der Waals surface area contributed by atoms with Crippen molar-refractivity contribution in [3.05, 3.63) is 34.5 Å². The quantitative estimate of drug-likeness (QED) is 0.635. The molecule has 1 aliphatic rings. The topological polar surface area (TPSA) is 52.6 Å². The zero-order chi connectivity index (χ0) is 14.8. The van der Waals surface area contributed by atoms with E-state index in [9.17, 15) is 9.59 Å². The largest absolute Gasteiger partial charge is 0.469 e. The highest BCUT2D eigenvalue weighted by Gasteiger charge is 2.48. The van der Waals surface area contributed by atoms with Crippen molar-refractivity contribution in [2.75, 3.05) is 14.2 Å². The first-order valence-electron chi connectivity index (χ1n) is 6.39. The van der Waals surface area contributed by atoms with E-state index in [1.807, 2.05) is 16.8 Å². The molecule has 108 valence electrons. The van der Waals surface area contributed by atoms with Crippen LogP contribution in [0.2, 0.25) is 0 Å². The summed E-state index contributed by atoms with van der Waals surface area (Å²) in [6, 6.07) is 1.91. The van der Waals surface area contributed by atoms with Crippen LogP contribution in [0.4, 0.5) is 0 Å². The van der Waals surface area contributed by atoms with Gasteiger partial charge in [-0.05, 0) is 41.7 Å². The molecule has 2 atom stereocenters. The molecular weight excluding hydrogens is 276 g/mol. The molecule has 1 aromatic heterocycles.